The molecule has 5 aromatic rings. The molecule has 0 atom stereocenters. The Hall–Kier alpha value is -3.63. The summed E-state index contributed by atoms with van der Waals surface area (Å²) in [6, 6.07) is 9.66. The van der Waals surface area contributed by atoms with E-state index in [-0.39, 0.29) is 11.6 Å². The Morgan fingerprint density at radius 2 is 1.97 bits per heavy atom. The third-order valence-electron chi connectivity index (χ3n) is 4.42. The highest BCUT2D eigenvalue weighted by atomic mass is 32.1. The van der Waals surface area contributed by atoms with Crippen LogP contribution >= 0.6 is 22.7 Å². The van der Waals surface area contributed by atoms with Crippen LogP contribution < -0.4 is 16.4 Å². The van der Waals surface area contributed by atoms with Crippen LogP contribution in [0, 0.1) is 6.92 Å². The minimum absolute atomic E-state index is 0.00116. The Morgan fingerprint density at radius 3 is 2.80 bits per heavy atom. The van der Waals surface area contributed by atoms with Gasteiger partial charge >= 0.3 is 0 Å². The number of nitrogens with zero attached hydrogens (tertiary/aromatic N) is 4. The number of thiophene rings is 1. The topological polar surface area (TPSA) is 119 Å². The summed E-state index contributed by atoms with van der Waals surface area (Å²) >= 11 is 2.90. The lowest BCUT2D eigenvalue weighted by Gasteiger charge is -2.11. The van der Waals surface area contributed by atoms with Crippen LogP contribution in [0.2, 0.25) is 0 Å². The van der Waals surface area contributed by atoms with Crippen LogP contribution in [0.4, 0.5) is 22.6 Å². The number of aromatic nitrogens is 4. The Kier molecular flexibility index (Phi) is 4.49. The van der Waals surface area contributed by atoms with Crippen molar-refractivity contribution in [2.24, 2.45) is 0 Å². The van der Waals surface area contributed by atoms with Gasteiger partial charge in [-0.05, 0) is 29.8 Å². The standard InChI is InChI=1S/C20H15N7OS2/c1-10-2-3-12-11(8-10)9-14(25-20-22-5-7-30-20)24-17(12)27-19(28)18-23-13-4-6-29-15(13)16(21)26-18/h2-9H,1H3,(H2,21,23,26)(H2,22,24,25,27,28). The number of thiazole rings is 1. The number of carbonyl (C=O) groups is 1. The molecule has 1 amide bonds. The summed E-state index contributed by atoms with van der Waals surface area (Å²) in [7, 11) is 0. The zero-order chi connectivity index (χ0) is 20.7. The molecule has 0 aliphatic carbocycles. The second kappa shape index (κ2) is 7.32. The highest BCUT2D eigenvalue weighted by Gasteiger charge is 2.17. The Balaban J connectivity index is 1.55. The number of anilines is 4. The molecular formula is C20H15N7OS2. The van der Waals surface area contributed by atoms with Gasteiger partial charge in [-0.2, -0.15) is 0 Å². The Bertz CT molecular complexity index is 1400. The number of amides is 1. The average Bonchev–Trinajstić information content (AvgIpc) is 3.39. The van der Waals surface area contributed by atoms with E-state index in [2.05, 4.69) is 30.6 Å². The van der Waals surface area contributed by atoms with Gasteiger partial charge < -0.3 is 16.4 Å². The summed E-state index contributed by atoms with van der Waals surface area (Å²) in [4.78, 5) is 30.2. The van der Waals surface area contributed by atoms with Crippen molar-refractivity contribution in [1.82, 2.24) is 19.9 Å². The Labute approximate surface area is 178 Å². The number of rotatable bonds is 4. The van der Waals surface area contributed by atoms with Gasteiger partial charge in [0.05, 0.1) is 10.2 Å². The van der Waals surface area contributed by atoms with Gasteiger partial charge in [0.25, 0.3) is 5.91 Å². The number of aryl methyl sites for hydroxylation is 1. The molecule has 5 rings (SSSR count). The molecule has 0 aliphatic heterocycles. The van der Waals surface area contributed by atoms with Crippen LogP contribution in [0.15, 0.2) is 47.3 Å². The van der Waals surface area contributed by atoms with E-state index in [1.54, 1.807) is 6.20 Å². The van der Waals surface area contributed by atoms with Gasteiger partial charge in [0, 0.05) is 17.0 Å². The predicted octanol–water partition coefficient (Wildman–Crippen LogP) is 4.58. The van der Waals surface area contributed by atoms with E-state index in [9.17, 15) is 4.79 Å². The largest absolute Gasteiger partial charge is 0.382 e. The van der Waals surface area contributed by atoms with E-state index in [1.807, 2.05) is 48.0 Å². The number of fused-ring (bicyclic) bond motifs is 2. The first-order valence-electron chi connectivity index (χ1n) is 8.97. The second-order valence-electron chi connectivity index (χ2n) is 6.56. The lowest BCUT2D eigenvalue weighted by molar-refractivity contribution is 0.101. The van der Waals surface area contributed by atoms with E-state index < -0.39 is 5.91 Å². The molecule has 4 N–H and O–H groups in total. The van der Waals surface area contributed by atoms with Crippen molar-refractivity contribution in [3.63, 3.8) is 0 Å². The highest BCUT2D eigenvalue weighted by molar-refractivity contribution is 7.17. The summed E-state index contributed by atoms with van der Waals surface area (Å²) in [6.07, 6.45) is 1.71. The van der Waals surface area contributed by atoms with Crippen LogP contribution in [0.3, 0.4) is 0 Å². The van der Waals surface area contributed by atoms with Gasteiger partial charge in [0.15, 0.2) is 5.13 Å². The summed E-state index contributed by atoms with van der Waals surface area (Å²) < 4.78 is 0.764. The fourth-order valence-corrected chi connectivity index (χ4v) is 4.35. The van der Waals surface area contributed by atoms with Crippen molar-refractivity contribution in [1.29, 1.82) is 0 Å². The molecule has 0 fully saturated rings. The zero-order valence-corrected chi connectivity index (χ0v) is 17.3. The molecule has 1 aromatic carbocycles. The van der Waals surface area contributed by atoms with Crippen molar-refractivity contribution >= 4 is 72.2 Å². The molecule has 0 aliphatic rings. The van der Waals surface area contributed by atoms with Crippen molar-refractivity contribution in [3.05, 3.63) is 58.7 Å². The van der Waals surface area contributed by atoms with Crippen LogP contribution in [-0.2, 0) is 0 Å². The molecule has 148 valence electrons. The minimum atomic E-state index is -0.476. The fourth-order valence-electron chi connectivity index (χ4n) is 3.08. The van der Waals surface area contributed by atoms with Gasteiger partial charge in [0.2, 0.25) is 5.82 Å². The fraction of sp³-hybridized carbons (Fsp3) is 0.0500. The minimum Gasteiger partial charge on any atom is -0.382 e. The SMILES string of the molecule is Cc1ccc2c(NC(=O)c3nc(N)c4sccc4n3)nc(Nc3nccs3)cc2c1. The first kappa shape index (κ1) is 18.4. The molecule has 0 unspecified atom stereocenters. The molecule has 0 radical (unpaired) electrons. The number of nitrogen functional groups attached to an aromatic ring is 1. The van der Waals surface area contributed by atoms with Crippen molar-refractivity contribution < 1.29 is 4.79 Å². The number of nitrogens with one attached hydrogen (secondary N) is 2. The van der Waals surface area contributed by atoms with Gasteiger partial charge in [-0.3, -0.25) is 4.79 Å². The summed E-state index contributed by atoms with van der Waals surface area (Å²) in [5.41, 5.74) is 7.73. The van der Waals surface area contributed by atoms with E-state index in [4.69, 9.17) is 5.73 Å². The third-order valence-corrected chi connectivity index (χ3v) is 6.03. The Morgan fingerprint density at radius 1 is 1.07 bits per heavy atom. The van der Waals surface area contributed by atoms with Gasteiger partial charge in [-0.15, -0.1) is 22.7 Å². The second-order valence-corrected chi connectivity index (χ2v) is 8.38. The molecule has 0 saturated carbocycles. The molecule has 10 heteroatoms. The van der Waals surface area contributed by atoms with Crippen molar-refractivity contribution in [2.45, 2.75) is 6.92 Å². The number of benzene rings is 1. The van der Waals surface area contributed by atoms with E-state index in [0.717, 1.165) is 21.0 Å². The van der Waals surface area contributed by atoms with Gasteiger partial charge in [-0.25, -0.2) is 19.9 Å². The predicted molar refractivity (Wildman–Crippen MR) is 122 cm³/mol. The van der Waals surface area contributed by atoms with Gasteiger partial charge in [-0.1, -0.05) is 23.8 Å². The maximum Gasteiger partial charge on any atom is 0.294 e. The first-order valence-corrected chi connectivity index (χ1v) is 10.7. The average molecular weight is 434 g/mol. The normalized spacial score (nSPS) is 11.1. The molecule has 30 heavy (non-hydrogen) atoms. The van der Waals surface area contributed by atoms with Crippen LogP contribution in [-0.4, -0.2) is 25.8 Å². The van der Waals surface area contributed by atoms with E-state index in [1.165, 1.54) is 22.7 Å². The van der Waals surface area contributed by atoms with Crippen molar-refractivity contribution in [2.75, 3.05) is 16.4 Å². The number of nitrogens with two attached hydrogens (primary N) is 1. The smallest absolute Gasteiger partial charge is 0.294 e. The first-order chi connectivity index (χ1) is 14.6. The number of carbonyl (C=O) groups excluding carboxylic acids is 1. The molecule has 8 nitrogen and oxygen atoms in total. The molecule has 0 saturated heterocycles. The molecule has 4 heterocycles. The highest BCUT2D eigenvalue weighted by Crippen LogP contribution is 2.29. The maximum atomic E-state index is 12.9. The molecule has 0 spiro atoms. The third kappa shape index (κ3) is 3.42. The van der Waals surface area contributed by atoms with Crippen LogP contribution in [0.1, 0.15) is 16.2 Å². The molecule has 0 bridgehead atoms. The van der Waals surface area contributed by atoms with Crippen molar-refractivity contribution in [3.8, 4) is 0 Å². The summed E-state index contributed by atoms with van der Waals surface area (Å²) in [5, 5.41) is 12.2. The summed E-state index contributed by atoms with van der Waals surface area (Å²) in [5.74, 6) is 0.790. The molecule has 4 aromatic heterocycles. The number of pyridine rings is 1. The zero-order valence-electron chi connectivity index (χ0n) is 15.7. The lowest BCUT2D eigenvalue weighted by atomic mass is 10.1. The number of hydrogen-bond acceptors (Lipinski definition) is 9. The van der Waals surface area contributed by atoms with Gasteiger partial charge in [0.1, 0.15) is 17.5 Å². The van der Waals surface area contributed by atoms with Crippen LogP contribution in [0.25, 0.3) is 21.0 Å². The lowest BCUT2D eigenvalue weighted by Crippen LogP contribution is -2.17. The number of hydrogen-bond donors (Lipinski definition) is 3. The maximum absolute atomic E-state index is 12.9. The van der Waals surface area contributed by atoms with Crippen LogP contribution in [0.5, 0.6) is 0 Å². The quantitative estimate of drug-likeness (QED) is 0.379. The van der Waals surface area contributed by atoms with E-state index in [0.29, 0.717) is 22.3 Å². The monoisotopic (exact) mass is 433 g/mol. The van der Waals surface area contributed by atoms with E-state index >= 15 is 0 Å². The molecular weight excluding hydrogens is 418 g/mol. The summed E-state index contributed by atoms with van der Waals surface area (Å²) in [6.45, 7) is 2.01.